The molecule has 11 heteroatoms. The van der Waals surface area contributed by atoms with E-state index in [1.54, 1.807) is 18.5 Å². The first-order valence-electron chi connectivity index (χ1n) is 13.8. The third-order valence-corrected chi connectivity index (χ3v) is 7.98. The highest BCUT2D eigenvalue weighted by Crippen LogP contribution is 2.47. The molecule has 42 heavy (non-hydrogen) atoms. The molecule has 0 unspecified atom stereocenters. The van der Waals surface area contributed by atoms with Crippen molar-refractivity contribution >= 4 is 44.8 Å². The van der Waals surface area contributed by atoms with Crippen molar-refractivity contribution in [1.82, 2.24) is 25.9 Å². The van der Waals surface area contributed by atoms with Crippen LogP contribution in [0.1, 0.15) is 50.8 Å². The molecular weight excluding hydrogens is 558 g/mol. The Kier molecular flexibility index (Phi) is 7.03. The van der Waals surface area contributed by atoms with Gasteiger partial charge in [0.2, 0.25) is 0 Å². The molecule has 1 aliphatic carbocycles. The summed E-state index contributed by atoms with van der Waals surface area (Å²) < 4.78 is 27.9. The van der Waals surface area contributed by atoms with Crippen molar-refractivity contribution in [3.05, 3.63) is 82.9 Å². The van der Waals surface area contributed by atoms with Crippen molar-refractivity contribution in [3.63, 3.8) is 0 Å². The predicted molar refractivity (Wildman–Crippen MR) is 162 cm³/mol. The van der Waals surface area contributed by atoms with E-state index < -0.39 is 18.0 Å². The quantitative estimate of drug-likeness (QED) is 0.177. The lowest BCUT2D eigenvalue weighted by Crippen LogP contribution is -2.48. The summed E-state index contributed by atoms with van der Waals surface area (Å²) in [7, 11) is 0. The average molecular weight is 589 g/mol. The number of benzene rings is 2. The Morgan fingerprint density at radius 3 is 2.67 bits per heavy atom. The molecule has 0 spiro atoms. The monoisotopic (exact) mass is 588 g/mol. The second kappa shape index (κ2) is 10.6. The Bertz CT molecular complexity index is 1730. The molecule has 4 aromatic rings. The van der Waals surface area contributed by atoms with E-state index in [1.165, 1.54) is 11.2 Å². The average Bonchev–Trinajstić information content (AvgIpc) is 3.64. The highest BCUT2D eigenvalue weighted by molar-refractivity contribution is 6.35. The molecule has 4 N–H and O–H groups in total. The number of pyridine rings is 2. The number of hydrazine groups is 2. The van der Waals surface area contributed by atoms with Crippen LogP contribution in [-0.4, -0.2) is 33.5 Å². The minimum atomic E-state index is -2.49. The summed E-state index contributed by atoms with van der Waals surface area (Å²) in [6.07, 6.45) is 3.29. The smallest absolute Gasteiger partial charge is 0.262 e. The van der Waals surface area contributed by atoms with Gasteiger partial charge >= 0.3 is 0 Å². The summed E-state index contributed by atoms with van der Waals surface area (Å²) in [6, 6.07) is 15.1. The predicted octanol–water partition coefficient (Wildman–Crippen LogP) is 6.88. The SMILES string of the molecule is CC(C)(C)CNc1c(C#N)cnc2c(Cl)cc(N[C@H](C3=CN(C4(C(F)F)CC4)NN3)c3cccc4ncccc34)cc12. The Morgan fingerprint density at radius 1 is 1.14 bits per heavy atom. The third-order valence-electron chi connectivity index (χ3n) is 7.69. The number of nitrogens with one attached hydrogen (secondary N) is 4. The Labute approximate surface area is 247 Å². The molecule has 2 aliphatic rings. The fraction of sp³-hybridized carbons (Fsp3) is 0.323. The van der Waals surface area contributed by atoms with Crippen molar-refractivity contribution in [2.75, 3.05) is 17.2 Å². The van der Waals surface area contributed by atoms with Crippen molar-refractivity contribution in [2.24, 2.45) is 5.41 Å². The second-order valence-electron chi connectivity index (χ2n) is 12.0. The first-order valence-corrected chi connectivity index (χ1v) is 14.1. The number of hydrogen-bond acceptors (Lipinski definition) is 8. The van der Waals surface area contributed by atoms with Crippen LogP contribution < -0.4 is 21.6 Å². The highest BCUT2D eigenvalue weighted by Gasteiger charge is 2.56. The lowest BCUT2D eigenvalue weighted by Gasteiger charge is -2.25. The minimum Gasteiger partial charge on any atom is -0.383 e. The van der Waals surface area contributed by atoms with Gasteiger partial charge in [0, 0.05) is 41.6 Å². The van der Waals surface area contributed by atoms with Gasteiger partial charge in [-0.15, -0.1) is 5.53 Å². The van der Waals surface area contributed by atoms with Crippen molar-refractivity contribution in [3.8, 4) is 6.07 Å². The van der Waals surface area contributed by atoms with Gasteiger partial charge in [0.25, 0.3) is 6.43 Å². The van der Waals surface area contributed by atoms with Gasteiger partial charge < -0.3 is 16.1 Å². The Balaban J connectivity index is 1.46. The number of nitrogens with zero attached hydrogens (tertiary/aromatic N) is 4. The van der Waals surface area contributed by atoms with Gasteiger partial charge in [-0.3, -0.25) is 15.0 Å². The van der Waals surface area contributed by atoms with Gasteiger partial charge in [-0.25, -0.2) is 8.78 Å². The molecular formula is C31H31ClF2N8. The maximum absolute atomic E-state index is 14.0. The molecule has 0 amide bonds. The van der Waals surface area contributed by atoms with Crippen LogP contribution in [0.2, 0.25) is 5.02 Å². The zero-order valence-corrected chi connectivity index (χ0v) is 24.2. The molecule has 1 atom stereocenters. The van der Waals surface area contributed by atoms with Gasteiger partial charge in [0.1, 0.15) is 11.6 Å². The minimum absolute atomic E-state index is 0.0356. The van der Waals surface area contributed by atoms with Crippen molar-refractivity contribution in [1.29, 1.82) is 5.26 Å². The molecule has 1 aliphatic heterocycles. The van der Waals surface area contributed by atoms with Crippen molar-refractivity contribution in [2.45, 2.75) is 51.6 Å². The molecule has 1 fully saturated rings. The topological polar surface area (TPSA) is 101 Å². The van der Waals surface area contributed by atoms with Crippen LogP contribution >= 0.6 is 11.6 Å². The van der Waals surface area contributed by atoms with E-state index in [1.807, 2.05) is 36.4 Å². The normalized spacial score (nSPS) is 16.7. The lowest BCUT2D eigenvalue weighted by molar-refractivity contribution is 0.00911. The fourth-order valence-electron chi connectivity index (χ4n) is 5.25. The molecule has 8 nitrogen and oxygen atoms in total. The molecule has 0 bridgehead atoms. The molecule has 0 saturated heterocycles. The maximum atomic E-state index is 14.0. The maximum Gasteiger partial charge on any atom is 0.262 e. The van der Waals surface area contributed by atoms with Gasteiger partial charge in [-0.1, -0.05) is 50.6 Å². The second-order valence-corrected chi connectivity index (χ2v) is 12.4. The van der Waals surface area contributed by atoms with Crippen LogP contribution in [0.25, 0.3) is 21.8 Å². The van der Waals surface area contributed by atoms with Crippen LogP contribution in [0.4, 0.5) is 20.2 Å². The summed E-state index contributed by atoms with van der Waals surface area (Å²) in [5.41, 5.74) is 9.50. The molecule has 3 heterocycles. The van der Waals surface area contributed by atoms with E-state index in [4.69, 9.17) is 11.6 Å². The van der Waals surface area contributed by atoms with Gasteiger partial charge in [-0.05, 0) is 48.1 Å². The van der Waals surface area contributed by atoms with Crippen LogP contribution in [0, 0.1) is 16.7 Å². The van der Waals surface area contributed by atoms with Gasteiger partial charge in [0.15, 0.2) is 0 Å². The molecule has 216 valence electrons. The third kappa shape index (κ3) is 5.14. The zero-order valence-electron chi connectivity index (χ0n) is 23.5. The number of rotatable bonds is 8. The number of halogens is 3. The van der Waals surface area contributed by atoms with Crippen molar-refractivity contribution < 1.29 is 8.78 Å². The number of hydrogen-bond donors (Lipinski definition) is 4. The summed E-state index contributed by atoms with van der Waals surface area (Å²) >= 11 is 6.77. The van der Waals surface area contributed by atoms with Gasteiger partial charge in [-0.2, -0.15) is 5.26 Å². The first kappa shape index (κ1) is 27.9. The fourth-order valence-corrected chi connectivity index (χ4v) is 5.52. The number of anilines is 2. The standard InChI is InChI=1S/C31H31ClF2N8/c1-30(2,3)17-38-26-18(14-35)15-37-27-22(26)12-19(13-23(27)32)39-28(21-6-4-8-24-20(21)7-5-11-36-24)25-16-42(41-40-25)31(9-10-31)29(33)34/h4-8,11-13,15-16,28-29,39-41H,9-10,17H2,1-3H3,(H,37,38)/t28-/m0/s1. The highest BCUT2D eigenvalue weighted by atomic mass is 35.5. The molecule has 0 radical (unpaired) electrons. The van der Waals surface area contributed by atoms with E-state index in [2.05, 4.69) is 58.4 Å². The van der Waals surface area contributed by atoms with Crippen LogP contribution in [0.3, 0.4) is 0 Å². The molecule has 1 saturated carbocycles. The number of fused-ring (bicyclic) bond motifs is 2. The summed E-state index contributed by atoms with van der Waals surface area (Å²) in [4.78, 5) is 8.98. The van der Waals surface area contributed by atoms with Crippen LogP contribution in [0.15, 0.2) is 66.8 Å². The summed E-state index contributed by atoms with van der Waals surface area (Å²) in [5.74, 6) is 0. The van der Waals surface area contributed by atoms with E-state index >= 15 is 0 Å². The Hall–Kier alpha value is -4.20. The summed E-state index contributed by atoms with van der Waals surface area (Å²) in [5, 5.41) is 20.4. The first-order chi connectivity index (χ1) is 20.1. The van der Waals surface area contributed by atoms with E-state index in [0.29, 0.717) is 57.9 Å². The van der Waals surface area contributed by atoms with Crippen LogP contribution in [-0.2, 0) is 0 Å². The lowest BCUT2D eigenvalue weighted by atomic mass is 9.96. The largest absolute Gasteiger partial charge is 0.383 e. The number of nitriles is 1. The van der Waals surface area contributed by atoms with E-state index in [-0.39, 0.29) is 5.41 Å². The van der Waals surface area contributed by atoms with Gasteiger partial charge in [0.05, 0.1) is 39.0 Å². The molecule has 6 rings (SSSR count). The zero-order chi connectivity index (χ0) is 29.6. The molecule has 2 aromatic heterocycles. The number of alkyl halides is 2. The van der Waals surface area contributed by atoms with Crippen LogP contribution in [0.5, 0.6) is 0 Å². The van der Waals surface area contributed by atoms with E-state index in [0.717, 1.165) is 16.5 Å². The summed E-state index contributed by atoms with van der Waals surface area (Å²) in [6.45, 7) is 6.96. The molecule has 2 aromatic carbocycles. The number of aromatic nitrogens is 2. The Morgan fingerprint density at radius 2 is 1.95 bits per heavy atom. The van der Waals surface area contributed by atoms with E-state index in [9.17, 15) is 14.0 Å².